The van der Waals surface area contributed by atoms with Gasteiger partial charge in [0.1, 0.15) is 6.54 Å². The van der Waals surface area contributed by atoms with Crippen LogP contribution in [0, 0.1) is 0 Å². The first-order valence-electron chi connectivity index (χ1n) is 6.05. The van der Waals surface area contributed by atoms with Crippen LogP contribution in [0.4, 0.5) is 5.13 Å². The van der Waals surface area contributed by atoms with Gasteiger partial charge in [0.15, 0.2) is 5.82 Å². The fraction of sp³-hybridized carbons (Fsp3) is 0.250. The van der Waals surface area contributed by atoms with Gasteiger partial charge in [-0.05, 0) is 5.21 Å². The molecule has 3 rings (SSSR count). The molecule has 0 fully saturated rings. The number of nitrogens with zero attached hydrogens (tertiary/aromatic N) is 7. The average Bonchev–Trinajstić information content (AvgIpc) is 3.10. The largest absolute Gasteiger partial charge is 0.353 e. The van der Waals surface area contributed by atoms with E-state index in [1.807, 2.05) is 49.3 Å². The Balaban J connectivity index is 1.77. The maximum Gasteiger partial charge on any atom is 0.204 e. The molecule has 102 valence electrons. The smallest absolute Gasteiger partial charge is 0.204 e. The van der Waals surface area contributed by atoms with Crippen molar-refractivity contribution in [2.45, 2.75) is 6.54 Å². The molecule has 2 aromatic heterocycles. The van der Waals surface area contributed by atoms with E-state index in [0.29, 0.717) is 18.2 Å². The summed E-state index contributed by atoms with van der Waals surface area (Å²) in [4.78, 5) is 7.82. The number of anilines is 1. The fourth-order valence-corrected chi connectivity index (χ4v) is 2.23. The van der Waals surface area contributed by atoms with Crippen LogP contribution in [0.25, 0.3) is 11.4 Å². The Morgan fingerprint density at radius 3 is 2.70 bits per heavy atom. The zero-order valence-corrected chi connectivity index (χ0v) is 11.9. The Morgan fingerprint density at radius 2 is 2.00 bits per heavy atom. The molecule has 0 amide bonds. The molecule has 0 unspecified atom stereocenters. The Hall–Kier alpha value is -2.35. The summed E-state index contributed by atoms with van der Waals surface area (Å²) in [5, 5.41) is 13.3. The van der Waals surface area contributed by atoms with Gasteiger partial charge in [0.05, 0.1) is 0 Å². The monoisotopic (exact) mass is 287 g/mol. The van der Waals surface area contributed by atoms with Crippen LogP contribution in [-0.4, -0.2) is 43.7 Å². The molecule has 1 aromatic carbocycles. The minimum Gasteiger partial charge on any atom is -0.353 e. The first-order valence-corrected chi connectivity index (χ1v) is 6.83. The summed E-state index contributed by atoms with van der Waals surface area (Å²) in [7, 11) is 3.87. The van der Waals surface area contributed by atoms with E-state index in [9.17, 15) is 0 Å². The molecule has 7 nitrogen and oxygen atoms in total. The Kier molecular flexibility index (Phi) is 3.38. The minimum atomic E-state index is 0.421. The van der Waals surface area contributed by atoms with Crippen molar-refractivity contribution >= 4 is 16.7 Å². The molecule has 0 saturated carbocycles. The van der Waals surface area contributed by atoms with Gasteiger partial charge in [0, 0.05) is 31.2 Å². The van der Waals surface area contributed by atoms with Gasteiger partial charge in [0.25, 0.3) is 0 Å². The lowest BCUT2D eigenvalue weighted by Gasteiger charge is -2.03. The summed E-state index contributed by atoms with van der Waals surface area (Å²) >= 11 is 1.36. The second kappa shape index (κ2) is 5.33. The van der Waals surface area contributed by atoms with Gasteiger partial charge in [-0.15, -0.1) is 10.2 Å². The summed E-state index contributed by atoms with van der Waals surface area (Å²) < 4.78 is 4.28. The molecular weight excluding hydrogens is 274 g/mol. The van der Waals surface area contributed by atoms with E-state index >= 15 is 0 Å². The van der Waals surface area contributed by atoms with Gasteiger partial charge in [-0.2, -0.15) is 9.17 Å². The lowest BCUT2D eigenvalue weighted by atomic mass is 10.2. The summed E-state index contributed by atoms with van der Waals surface area (Å²) in [6, 6.07) is 9.75. The molecule has 20 heavy (non-hydrogen) atoms. The number of tetrazole rings is 1. The predicted octanol–water partition coefficient (Wildman–Crippen LogP) is 1.31. The van der Waals surface area contributed by atoms with E-state index < -0.39 is 0 Å². The second-order valence-electron chi connectivity index (χ2n) is 4.40. The Bertz CT molecular complexity index is 689. The van der Waals surface area contributed by atoms with Gasteiger partial charge < -0.3 is 4.90 Å². The molecule has 0 spiro atoms. The highest BCUT2D eigenvalue weighted by molar-refractivity contribution is 7.09. The van der Waals surface area contributed by atoms with Crippen molar-refractivity contribution in [3.05, 3.63) is 36.2 Å². The predicted molar refractivity (Wildman–Crippen MR) is 76.6 cm³/mol. The maximum atomic E-state index is 4.39. The van der Waals surface area contributed by atoms with Crippen molar-refractivity contribution in [2.24, 2.45) is 0 Å². The number of benzene rings is 1. The van der Waals surface area contributed by atoms with Gasteiger partial charge in [-0.1, -0.05) is 30.3 Å². The molecular formula is C12H13N7S. The van der Waals surface area contributed by atoms with E-state index in [2.05, 4.69) is 24.8 Å². The second-order valence-corrected chi connectivity index (χ2v) is 5.13. The number of hydrogen-bond acceptors (Lipinski definition) is 7. The van der Waals surface area contributed by atoms with E-state index in [1.165, 1.54) is 16.3 Å². The molecule has 8 heteroatoms. The molecule has 2 heterocycles. The molecule has 0 aliphatic rings. The van der Waals surface area contributed by atoms with Gasteiger partial charge >= 0.3 is 0 Å². The molecule has 0 aliphatic heterocycles. The minimum absolute atomic E-state index is 0.421. The first kappa shape index (κ1) is 12.7. The van der Waals surface area contributed by atoms with Crippen LogP contribution in [0.15, 0.2) is 30.3 Å². The third kappa shape index (κ3) is 2.64. The zero-order valence-electron chi connectivity index (χ0n) is 11.1. The summed E-state index contributed by atoms with van der Waals surface area (Å²) in [5.41, 5.74) is 0.943. The van der Waals surface area contributed by atoms with Crippen molar-refractivity contribution < 1.29 is 0 Å². The highest BCUT2D eigenvalue weighted by Crippen LogP contribution is 2.15. The normalized spacial score (nSPS) is 10.7. The summed E-state index contributed by atoms with van der Waals surface area (Å²) in [6.45, 7) is 0.421. The van der Waals surface area contributed by atoms with Gasteiger partial charge in [-0.25, -0.2) is 4.98 Å². The van der Waals surface area contributed by atoms with Crippen LogP contribution in [0.5, 0.6) is 0 Å². The van der Waals surface area contributed by atoms with Crippen LogP contribution in [-0.2, 0) is 6.54 Å². The number of aromatic nitrogens is 6. The molecule has 0 radical (unpaired) electrons. The van der Waals surface area contributed by atoms with Crippen LogP contribution in [0.1, 0.15) is 5.82 Å². The standard InChI is InChI=1S/C12H13N7S/c1-18(2)12-13-10(16-20-12)8-19-15-11(14-17-19)9-6-4-3-5-7-9/h3-7H,8H2,1-2H3. The summed E-state index contributed by atoms with van der Waals surface area (Å²) in [5.74, 6) is 1.30. The van der Waals surface area contributed by atoms with E-state index in [0.717, 1.165) is 10.7 Å². The lowest BCUT2D eigenvalue weighted by Crippen LogP contribution is -2.09. The third-order valence-corrected chi connectivity index (χ3v) is 3.53. The molecule has 3 aromatic rings. The van der Waals surface area contributed by atoms with Crippen molar-refractivity contribution in [2.75, 3.05) is 19.0 Å². The highest BCUT2D eigenvalue weighted by atomic mass is 32.1. The quantitative estimate of drug-likeness (QED) is 0.720. The lowest BCUT2D eigenvalue weighted by molar-refractivity contribution is 0.558. The average molecular weight is 287 g/mol. The van der Waals surface area contributed by atoms with Crippen molar-refractivity contribution in [3.63, 3.8) is 0 Å². The first-order chi connectivity index (χ1) is 9.72. The van der Waals surface area contributed by atoms with E-state index in [4.69, 9.17) is 0 Å². The zero-order chi connectivity index (χ0) is 13.9. The number of rotatable bonds is 4. The molecule has 0 N–H and O–H groups in total. The van der Waals surface area contributed by atoms with E-state index in [-0.39, 0.29) is 0 Å². The maximum absolute atomic E-state index is 4.39. The molecule has 0 atom stereocenters. The highest BCUT2D eigenvalue weighted by Gasteiger charge is 2.09. The van der Waals surface area contributed by atoms with Crippen molar-refractivity contribution in [1.29, 1.82) is 0 Å². The molecule has 0 saturated heterocycles. The summed E-state index contributed by atoms with van der Waals surface area (Å²) in [6.07, 6.45) is 0. The number of hydrogen-bond donors (Lipinski definition) is 0. The van der Waals surface area contributed by atoms with Crippen LogP contribution >= 0.6 is 11.5 Å². The molecule has 0 aliphatic carbocycles. The van der Waals surface area contributed by atoms with Gasteiger partial charge in [-0.3, -0.25) is 0 Å². The van der Waals surface area contributed by atoms with E-state index in [1.54, 1.807) is 0 Å². The topological polar surface area (TPSA) is 72.6 Å². The Morgan fingerprint density at radius 1 is 1.20 bits per heavy atom. The SMILES string of the molecule is CN(C)c1nc(Cn2nnc(-c3ccccc3)n2)ns1. The Labute approximate surface area is 120 Å². The molecule has 0 bridgehead atoms. The van der Waals surface area contributed by atoms with Crippen molar-refractivity contribution in [1.82, 2.24) is 29.6 Å². The van der Waals surface area contributed by atoms with Crippen LogP contribution in [0.2, 0.25) is 0 Å². The van der Waals surface area contributed by atoms with Crippen molar-refractivity contribution in [3.8, 4) is 11.4 Å². The van der Waals surface area contributed by atoms with Crippen LogP contribution < -0.4 is 4.90 Å². The van der Waals surface area contributed by atoms with Gasteiger partial charge in [0.2, 0.25) is 11.0 Å². The third-order valence-electron chi connectivity index (χ3n) is 2.61. The van der Waals surface area contributed by atoms with Crippen LogP contribution in [0.3, 0.4) is 0 Å². The fourth-order valence-electron chi connectivity index (χ4n) is 1.63.